The van der Waals surface area contributed by atoms with E-state index in [4.69, 9.17) is 0 Å². The van der Waals surface area contributed by atoms with E-state index in [1.165, 1.54) is 5.56 Å². The van der Waals surface area contributed by atoms with Crippen molar-refractivity contribution >= 4 is 11.4 Å². The average molecular weight is 527 g/mol. The number of likely N-dealkylation sites (N-methyl/N-ethyl adjacent to an activating group) is 1. The lowest BCUT2D eigenvalue weighted by Gasteiger charge is -2.37. The first-order valence-corrected chi connectivity index (χ1v) is 13.7. The molecule has 0 aliphatic carbocycles. The van der Waals surface area contributed by atoms with Gasteiger partial charge in [-0.3, -0.25) is 4.90 Å². The number of aromatic hydroxyl groups is 1. The van der Waals surface area contributed by atoms with Crippen molar-refractivity contribution in [2.24, 2.45) is 0 Å². The molecule has 0 radical (unpaired) electrons. The average Bonchev–Trinajstić information content (AvgIpc) is 3.37. The molecular formula is C31H38N6O2. The monoisotopic (exact) mass is 526 g/mol. The number of anilines is 2. The second-order valence-corrected chi connectivity index (χ2v) is 10.5. The van der Waals surface area contributed by atoms with Crippen LogP contribution in [0.4, 0.5) is 11.4 Å². The fraction of sp³-hybridized carbons (Fsp3) is 0.355. The summed E-state index contributed by atoms with van der Waals surface area (Å²) in [5, 5.41) is 14.0. The van der Waals surface area contributed by atoms with E-state index in [0.717, 1.165) is 43.2 Å². The third-order valence-electron chi connectivity index (χ3n) is 8.30. The predicted octanol–water partition coefficient (Wildman–Crippen LogP) is 4.71. The van der Waals surface area contributed by atoms with Gasteiger partial charge in [-0.25, -0.2) is 14.0 Å². The molecule has 204 valence electrons. The van der Waals surface area contributed by atoms with Gasteiger partial charge in [0.15, 0.2) is 0 Å². The number of hydrogen-bond donors (Lipinski definition) is 1. The van der Waals surface area contributed by atoms with E-state index in [-0.39, 0.29) is 29.6 Å². The van der Waals surface area contributed by atoms with Gasteiger partial charge in [0.25, 0.3) is 0 Å². The molecule has 2 heterocycles. The first kappa shape index (κ1) is 26.6. The molecule has 1 aliphatic rings. The lowest BCUT2D eigenvalue weighted by Crippen LogP contribution is -2.46. The van der Waals surface area contributed by atoms with Crippen molar-refractivity contribution in [3.8, 4) is 11.4 Å². The fourth-order valence-electron chi connectivity index (χ4n) is 5.35. The molecule has 1 fully saturated rings. The number of phenols is 1. The summed E-state index contributed by atoms with van der Waals surface area (Å²) >= 11 is 0. The normalized spacial score (nSPS) is 16.3. The summed E-state index contributed by atoms with van der Waals surface area (Å²) in [5.41, 5.74) is 4.19. The summed E-state index contributed by atoms with van der Waals surface area (Å²) in [4.78, 5) is 20.4. The summed E-state index contributed by atoms with van der Waals surface area (Å²) < 4.78 is 3.21. The molecule has 8 nitrogen and oxygen atoms in total. The highest BCUT2D eigenvalue weighted by atomic mass is 16.3. The van der Waals surface area contributed by atoms with Crippen LogP contribution in [0.5, 0.6) is 5.75 Å². The Morgan fingerprint density at radius 3 is 1.85 bits per heavy atom. The Morgan fingerprint density at radius 1 is 0.769 bits per heavy atom. The topological polar surface area (TPSA) is 69.8 Å². The largest absolute Gasteiger partial charge is 0.508 e. The minimum atomic E-state index is -0.134. The van der Waals surface area contributed by atoms with Gasteiger partial charge in [0.2, 0.25) is 0 Å². The van der Waals surface area contributed by atoms with Crippen molar-refractivity contribution in [3.63, 3.8) is 0 Å². The summed E-state index contributed by atoms with van der Waals surface area (Å²) in [6.07, 6.45) is 1.62. The van der Waals surface area contributed by atoms with Gasteiger partial charge in [0.1, 0.15) is 12.1 Å². The maximum atomic E-state index is 13.4. The minimum absolute atomic E-state index is 0.0981. The SMILES string of the molecule is C[C@H](c1ccccc1)N(C)[C@H](C)[C@@H](C)n1ncn(-c2ccc(N3CCN(c4ccc(O)cc4)CC3)cc2)c1=O. The Hall–Kier alpha value is -4.04. The van der Waals surface area contributed by atoms with E-state index in [9.17, 15) is 9.90 Å². The van der Waals surface area contributed by atoms with Crippen LogP contribution in [-0.2, 0) is 0 Å². The van der Waals surface area contributed by atoms with Crippen molar-refractivity contribution in [2.75, 3.05) is 43.0 Å². The van der Waals surface area contributed by atoms with E-state index in [1.807, 2.05) is 30.3 Å². The highest BCUT2D eigenvalue weighted by molar-refractivity contribution is 5.54. The van der Waals surface area contributed by atoms with Crippen LogP contribution in [-0.4, -0.2) is 63.6 Å². The first-order valence-electron chi connectivity index (χ1n) is 13.7. The maximum absolute atomic E-state index is 13.4. The number of rotatable bonds is 8. The molecule has 3 aromatic carbocycles. The quantitative estimate of drug-likeness (QED) is 0.359. The predicted molar refractivity (Wildman–Crippen MR) is 157 cm³/mol. The molecule has 3 atom stereocenters. The smallest absolute Gasteiger partial charge is 0.350 e. The zero-order chi connectivity index (χ0) is 27.5. The Morgan fingerprint density at radius 2 is 1.28 bits per heavy atom. The standard InChI is InChI=1S/C31H38N6O2/c1-23(33(4)25(3)26-8-6-5-7-9-26)24(2)37-31(39)36(22-32-37)29-12-10-27(11-13-29)34-18-20-35(21-19-34)28-14-16-30(38)17-15-28/h5-17,22-25,38H,18-21H2,1-4H3/t23-,24-,25-/m1/s1. The molecule has 0 unspecified atom stereocenters. The van der Waals surface area contributed by atoms with Crippen LogP contribution in [0, 0.1) is 0 Å². The maximum Gasteiger partial charge on any atom is 0.350 e. The Balaban J connectivity index is 1.24. The Labute approximate surface area is 230 Å². The number of benzene rings is 3. The number of hydrogen-bond acceptors (Lipinski definition) is 6. The summed E-state index contributed by atoms with van der Waals surface area (Å²) in [5.74, 6) is 0.288. The van der Waals surface area contributed by atoms with Gasteiger partial charge in [-0.2, -0.15) is 5.10 Å². The van der Waals surface area contributed by atoms with Crippen molar-refractivity contribution in [1.82, 2.24) is 19.2 Å². The Bertz CT molecular complexity index is 1410. The third kappa shape index (κ3) is 5.56. The van der Waals surface area contributed by atoms with Crippen LogP contribution in [0.2, 0.25) is 0 Å². The van der Waals surface area contributed by atoms with E-state index in [1.54, 1.807) is 27.7 Å². The molecule has 0 saturated carbocycles. The molecule has 5 rings (SSSR count). The minimum Gasteiger partial charge on any atom is -0.508 e. The van der Waals surface area contributed by atoms with Crippen molar-refractivity contribution in [2.45, 2.75) is 38.9 Å². The fourth-order valence-corrected chi connectivity index (χ4v) is 5.35. The van der Waals surface area contributed by atoms with Gasteiger partial charge in [0.05, 0.1) is 11.7 Å². The van der Waals surface area contributed by atoms with E-state index < -0.39 is 0 Å². The van der Waals surface area contributed by atoms with Gasteiger partial charge in [-0.1, -0.05) is 30.3 Å². The van der Waals surface area contributed by atoms with Crippen LogP contribution in [0.3, 0.4) is 0 Å². The van der Waals surface area contributed by atoms with Crippen LogP contribution in [0.25, 0.3) is 5.69 Å². The van der Waals surface area contributed by atoms with Crippen LogP contribution < -0.4 is 15.5 Å². The molecule has 1 aliphatic heterocycles. The van der Waals surface area contributed by atoms with Crippen molar-refractivity contribution in [3.05, 3.63) is 101 Å². The molecule has 0 amide bonds. The molecule has 1 N–H and O–H groups in total. The van der Waals surface area contributed by atoms with E-state index >= 15 is 0 Å². The summed E-state index contributed by atoms with van der Waals surface area (Å²) in [7, 11) is 2.10. The van der Waals surface area contributed by atoms with Gasteiger partial charge in [0, 0.05) is 49.6 Å². The van der Waals surface area contributed by atoms with Gasteiger partial charge in [-0.05, 0) is 81.9 Å². The zero-order valence-electron chi connectivity index (χ0n) is 23.2. The number of aromatic nitrogens is 3. The molecule has 0 bridgehead atoms. The van der Waals surface area contributed by atoms with Crippen LogP contribution >= 0.6 is 0 Å². The molecule has 8 heteroatoms. The second-order valence-electron chi connectivity index (χ2n) is 10.5. The highest BCUT2D eigenvalue weighted by Gasteiger charge is 2.26. The molecule has 1 aromatic heterocycles. The van der Waals surface area contributed by atoms with Gasteiger partial charge in [-0.15, -0.1) is 0 Å². The summed E-state index contributed by atoms with van der Waals surface area (Å²) in [6, 6.07) is 26.2. The van der Waals surface area contributed by atoms with Crippen molar-refractivity contribution in [1.29, 1.82) is 0 Å². The lowest BCUT2D eigenvalue weighted by molar-refractivity contribution is 0.146. The molecular weight excluding hydrogens is 488 g/mol. The second kappa shape index (κ2) is 11.4. The number of phenolic OH excluding ortho intramolecular Hbond substituents is 1. The zero-order valence-corrected chi connectivity index (χ0v) is 23.2. The van der Waals surface area contributed by atoms with Gasteiger partial charge >= 0.3 is 5.69 Å². The summed E-state index contributed by atoms with van der Waals surface area (Å²) in [6.45, 7) is 10.0. The van der Waals surface area contributed by atoms with Gasteiger partial charge < -0.3 is 14.9 Å². The van der Waals surface area contributed by atoms with E-state index in [0.29, 0.717) is 0 Å². The molecule has 1 saturated heterocycles. The van der Waals surface area contributed by atoms with Crippen LogP contribution in [0.1, 0.15) is 38.4 Å². The number of piperazine rings is 1. The molecule has 0 spiro atoms. The number of nitrogens with zero attached hydrogens (tertiary/aromatic N) is 6. The molecule has 39 heavy (non-hydrogen) atoms. The Kier molecular flexibility index (Phi) is 7.74. The first-order chi connectivity index (χ1) is 18.8. The van der Waals surface area contributed by atoms with E-state index in [2.05, 4.69) is 84.0 Å². The van der Waals surface area contributed by atoms with Crippen molar-refractivity contribution < 1.29 is 5.11 Å². The third-order valence-corrected chi connectivity index (χ3v) is 8.30. The molecule has 4 aromatic rings. The highest BCUT2D eigenvalue weighted by Crippen LogP contribution is 2.26. The van der Waals surface area contributed by atoms with Crippen LogP contribution in [0.15, 0.2) is 90.0 Å². The lowest BCUT2D eigenvalue weighted by atomic mass is 10.0.